The van der Waals surface area contributed by atoms with Crippen LogP contribution in [0.3, 0.4) is 0 Å². The monoisotopic (exact) mass is 410 g/mol. The zero-order valence-corrected chi connectivity index (χ0v) is 19.1. The normalized spacial score (nSPS) is 11.3. The van der Waals surface area contributed by atoms with Crippen LogP contribution in [0.15, 0.2) is 0 Å². The van der Waals surface area contributed by atoms with Crippen molar-refractivity contribution < 1.29 is 23.9 Å². The van der Waals surface area contributed by atoms with Crippen LogP contribution in [-0.4, -0.2) is 23.5 Å². The van der Waals surface area contributed by atoms with Gasteiger partial charge in [0.25, 0.3) is 0 Å². The van der Waals surface area contributed by atoms with E-state index >= 15 is 0 Å². The van der Waals surface area contributed by atoms with Crippen molar-refractivity contribution >= 4 is 23.5 Å². The number of carbonyl (C=O) groups is 4. The summed E-state index contributed by atoms with van der Waals surface area (Å²) >= 11 is 0. The number of ether oxygens (including phenoxy) is 1. The predicted octanol–water partition coefficient (Wildman–Crippen LogP) is 6.11. The van der Waals surface area contributed by atoms with Crippen LogP contribution in [0.2, 0.25) is 0 Å². The van der Waals surface area contributed by atoms with Gasteiger partial charge in [-0.1, -0.05) is 96.8 Å². The molecular weight excluding hydrogens is 368 g/mol. The van der Waals surface area contributed by atoms with Gasteiger partial charge in [0, 0.05) is 6.92 Å². The summed E-state index contributed by atoms with van der Waals surface area (Å²) in [5.41, 5.74) is -1.83. The van der Waals surface area contributed by atoms with Gasteiger partial charge in [0.05, 0.1) is 0 Å². The van der Waals surface area contributed by atoms with Crippen molar-refractivity contribution in [1.82, 2.24) is 0 Å². The third-order valence-electron chi connectivity index (χ3n) is 5.69. The summed E-state index contributed by atoms with van der Waals surface area (Å²) in [6, 6.07) is 0. The summed E-state index contributed by atoms with van der Waals surface area (Å²) in [4.78, 5) is 47.4. The highest BCUT2D eigenvalue weighted by atomic mass is 16.6. The van der Waals surface area contributed by atoms with E-state index in [1.54, 1.807) is 0 Å². The van der Waals surface area contributed by atoms with Crippen LogP contribution in [0.1, 0.15) is 124 Å². The summed E-state index contributed by atoms with van der Waals surface area (Å²) in [6.45, 7) is 5.76. The van der Waals surface area contributed by atoms with Crippen LogP contribution >= 0.6 is 0 Å². The van der Waals surface area contributed by atoms with Gasteiger partial charge >= 0.3 is 11.9 Å². The standard InChI is InChI=1S/C24H42O5/c1-5-6-7-8-9-10-11-12-13-14-15-16-17-18-19-24(20(2)25,21(3)26)23(28)29-22(4)27/h5-19H2,1-4H3. The van der Waals surface area contributed by atoms with Crippen molar-refractivity contribution in [2.75, 3.05) is 0 Å². The minimum absolute atomic E-state index is 0.113. The number of unbranched alkanes of at least 4 members (excludes halogenated alkanes) is 13. The first-order valence-electron chi connectivity index (χ1n) is 11.5. The van der Waals surface area contributed by atoms with Gasteiger partial charge in [-0.3, -0.25) is 14.4 Å². The molecule has 0 saturated heterocycles. The Morgan fingerprint density at radius 2 is 0.931 bits per heavy atom. The second-order valence-electron chi connectivity index (χ2n) is 8.24. The van der Waals surface area contributed by atoms with Gasteiger partial charge in [-0.25, -0.2) is 4.79 Å². The Hall–Kier alpha value is -1.52. The maximum absolute atomic E-state index is 12.2. The van der Waals surface area contributed by atoms with Crippen molar-refractivity contribution in [3.05, 3.63) is 0 Å². The van der Waals surface area contributed by atoms with Gasteiger partial charge in [-0.2, -0.15) is 0 Å². The number of hydrogen-bond donors (Lipinski definition) is 0. The topological polar surface area (TPSA) is 77.5 Å². The van der Waals surface area contributed by atoms with Crippen LogP contribution in [0.4, 0.5) is 0 Å². The van der Waals surface area contributed by atoms with Gasteiger partial charge in [0.15, 0.2) is 17.0 Å². The first kappa shape index (κ1) is 27.5. The molecule has 0 spiro atoms. The predicted molar refractivity (Wildman–Crippen MR) is 115 cm³/mol. The first-order chi connectivity index (χ1) is 13.8. The van der Waals surface area contributed by atoms with E-state index < -0.39 is 28.9 Å². The smallest absolute Gasteiger partial charge is 0.334 e. The maximum Gasteiger partial charge on any atom is 0.334 e. The van der Waals surface area contributed by atoms with Gasteiger partial charge in [0.1, 0.15) is 0 Å². The lowest BCUT2D eigenvalue weighted by Crippen LogP contribution is -2.46. The molecule has 0 aliphatic carbocycles. The van der Waals surface area contributed by atoms with E-state index in [1.807, 2.05) is 0 Å². The maximum atomic E-state index is 12.2. The molecule has 0 aromatic carbocycles. The molecule has 0 N–H and O–H groups in total. The number of carbonyl (C=O) groups excluding carboxylic acids is 4. The summed E-state index contributed by atoms with van der Waals surface area (Å²) in [6.07, 6.45) is 16.9. The van der Waals surface area contributed by atoms with Crippen LogP contribution < -0.4 is 0 Å². The molecule has 5 heteroatoms. The Labute approximate surface area is 177 Å². The lowest BCUT2D eigenvalue weighted by molar-refractivity contribution is -0.169. The molecule has 0 radical (unpaired) electrons. The number of ketones is 2. The average Bonchev–Trinajstić information content (AvgIpc) is 2.63. The molecule has 0 aliphatic rings. The molecule has 29 heavy (non-hydrogen) atoms. The highest BCUT2D eigenvalue weighted by molar-refractivity contribution is 6.22. The third-order valence-corrected chi connectivity index (χ3v) is 5.69. The lowest BCUT2D eigenvalue weighted by atomic mass is 9.75. The minimum atomic E-state index is -1.83. The Morgan fingerprint density at radius 1 is 0.586 bits per heavy atom. The highest BCUT2D eigenvalue weighted by Gasteiger charge is 2.49. The number of hydrogen-bond acceptors (Lipinski definition) is 5. The van der Waals surface area contributed by atoms with Crippen LogP contribution in [0, 0.1) is 5.41 Å². The number of esters is 2. The molecule has 0 amide bonds. The van der Waals surface area contributed by atoms with E-state index in [-0.39, 0.29) is 6.42 Å². The zero-order valence-electron chi connectivity index (χ0n) is 19.1. The molecule has 0 aromatic heterocycles. The van der Waals surface area contributed by atoms with Crippen LogP contribution in [0.5, 0.6) is 0 Å². The second-order valence-corrected chi connectivity index (χ2v) is 8.24. The fourth-order valence-corrected chi connectivity index (χ4v) is 3.79. The van der Waals surface area contributed by atoms with E-state index in [0.29, 0.717) is 6.42 Å². The zero-order chi connectivity index (χ0) is 22.1. The summed E-state index contributed by atoms with van der Waals surface area (Å²) in [5, 5.41) is 0. The van der Waals surface area contributed by atoms with Gasteiger partial charge in [-0.05, 0) is 20.3 Å². The molecule has 168 valence electrons. The average molecular weight is 411 g/mol. The van der Waals surface area contributed by atoms with Crippen molar-refractivity contribution in [3.63, 3.8) is 0 Å². The molecule has 0 saturated carbocycles. The summed E-state index contributed by atoms with van der Waals surface area (Å²) in [7, 11) is 0. The van der Waals surface area contributed by atoms with Gasteiger partial charge in [0.2, 0.25) is 0 Å². The van der Waals surface area contributed by atoms with Gasteiger partial charge in [-0.15, -0.1) is 0 Å². The number of Topliss-reactive ketones (excluding diaryl/α,β-unsaturated/α-hetero) is 2. The van der Waals surface area contributed by atoms with E-state index in [9.17, 15) is 19.2 Å². The Kier molecular flexibility index (Phi) is 15.4. The molecule has 0 rings (SSSR count). The Bertz CT molecular complexity index is 495. The second kappa shape index (κ2) is 16.3. The Morgan fingerprint density at radius 3 is 1.24 bits per heavy atom. The van der Waals surface area contributed by atoms with Crippen molar-refractivity contribution in [3.8, 4) is 0 Å². The third kappa shape index (κ3) is 11.3. The molecule has 0 aromatic rings. The van der Waals surface area contributed by atoms with Crippen LogP contribution in [0.25, 0.3) is 0 Å². The summed E-state index contributed by atoms with van der Waals surface area (Å²) in [5.74, 6) is -2.93. The number of rotatable bonds is 18. The quantitative estimate of drug-likeness (QED) is 0.155. The molecule has 0 atom stereocenters. The van der Waals surface area contributed by atoms with E-state index in [4.69, 9.17) is 0 Å². The SMILES string of the molecule is CCCCCCCCCCCCCCCCC(C(C)=O)(C(C)=O)C(=O)OC(C)=O. The van der Waals surface area contributed by atoms with Crippen molar-refractivity contribution in [1.29, 1.82) is 0 Å². The lowest BCUT2D eigenvalue weighted by Gasteiger charge is -2.25. The minimum Gasteiger partial charge on any atom is -0.392 e. The molecule has 0 heterocycles. The van der Waals surface area contributed by atoms with E-state index in [0.717, 1.165) is 26.2 Å². The van der Waals surface area contributed by atoms with Crippen LogP contribution in [-0.2, 0) is 23.9 Å². The summed E-state index contributed by atoms with van der Waals surface area (Å²) < 4.78 is 4.59. The van der Waals surface area contributed by atoms with E-state index in [1.165, 1.54) is 78.1 Å². The molecular formula is C24H42O5. The van der Waals surface area contributed by atoms with Crippen molar-refractivity contribution in [2.45, 2.75) is 124 Å². The molecule has 5 nitrogen and oxygen atoms in total. The fraction of sp³-hybridized carbons (Fsp3) is 0.833. The first-order valence-corrected chi connectivity index (χ1v) is 11.5. The molecule has 0 bridgehead atoms. The fourth-order valence-electron chi connectivity index (χ4n) is 3.79. The van der Waals surface area contributed by atoms with Crippen molar-refractivity contribution in [2.24, 2.45) is 5.41 Å². The van der Waals surface area contributed by atoms with E-state index in [2.05, 4.69) is 11.7 Å². The molecule has 0 unspecified atom stereocenters. The van der Waals surface area contributed by atoms with Gasteiger partial charge < -0.3 is 4.74 Å². The largest absolute Gasteiger partial charge is 0.392 e. The highest BCUT2D eigenvalue weighted by Crippen LogP contribution is 2.30. The molecule has 0 fully saturated rings. The molecule has 0 aliphatic heterocycles. The Balaban J connectivity index is 4.00.